The average Bonchev–Trinajstić information content (AvgIpc) is 3.10. The molecule has 0 aromatic heterocycles. The molecule has 2 N–H and O–H groups in total. The molecule has 2 aromatic carbocycles. The number of carbonyl (C=O) groups is 2. The van der Waals surface area contributed by atoms with Crippen molar-refractivity contribution in [1.82, 2.24) is 15.5 Å². The molecule has 0 spiro atoms. The molecule has 7 heteroatoms. The summed E-state index contributed by atoms with van der Waals surface area (Å²) >= 11 is 5.94. The van der Waals surface area contributed by atoms with Gasteiger partial charge in [0.25, 0.3) is 0 Å². The number of likely N-dealkylation sites (tertiary alicyclic amines) is 1. The van der Waals surface area contributed by atoms with Crippen molar-refractivity contribution >= 4 is 23.6 Å². The summed E-state index contributed by atoms with van der Waals surface area (Å²) in [6.07, 6.45) is 1.48. The van der Waals surface area contributed by atoms with E-state index in [2.05, 4.69) is 39.8 Å². The van der Waals surface area contributed by atoms with Crippen LogP contribution in [0.25, 0.3) is 0 Å². The van der Waals surface area contributed by atoms with E-state index in [-0.39, 0.29) is 24.5 Å². The number of hydrogen-bond acceptors (Lipinski definition) is 4. The second-order valence-corrected chi connectivity index (χ2v) is 8.36. The van der Waals surface area contributed by atoms with Crippen molar-refractivity contribution in [2.24, 2.45) is 0 Å². The van der Waals surface area contributed by atoms with E-state index < -0.39 is 12.1 Å². The van der Waals surface area contributed by atoms with Crippen LogP contribution in [0.4, 0.5) is 4.79 Å². The second kappa shape index (κ2) is 9.49. The number of amides is 2. The van der Waals surface area contributed by atoms with Gasteiger partial charge in [-0.15, -0.1) is 0 Å². The lowest BCUT2D eigenvalue weighted by atomic mass is 10.0. The van der Waals surface area contributed by atoms with Gasteiger partial charge in [0.1, 0.15) is 6.10 Å². The second-order valence-electron chi connectivity index (χ2n) is 7.93. The molecule has 2 aliphatic rings. The number of nitrogens with one attached hydrogen (secondary N) is 2. The van der Waals surface area contributed by atoms with E-state index in [0.717, 1.165) is 38.0 Å². The Balaban J connectivity index is 1.26. The molecule has 2 atom stereocenters. The largest absolute Gasteiger partial charge is 0.455 e. The molecule has 0 saturated carbocycles. The molecular formula is C23H26ClN3O3. The van der Waals surface area contributed by atoms with E-state index in [1.807, 2.05) is 18.2 Å². The maximum Gasteiger partial charge on any atom is 0.315 e. The maximum atomic E-state index is 12.6. The van der Waals surface area contributed by atoms with Gasteiger partial charge in [0, 0.05) is 30.7 Å². The number of rotatable bonds is 5. The summed E-state index contributed by atoms with van der Waals surface area (Å²) in [6, 6.07) is 17.1. The number of urea groups is 1. The van der Waals surface area contributed by atoms with Crippen LogP contribution in [0.3, 0.4) is 0 Å². The van der Waals surface area contributed by atoms with Crippen molar-refractivity contribution in [3.8, 4) is 0 Å². The van der Waals surface area contributed by atoms with Crippen LogP contribution in [0.2, 0.25) is 5.02 Å². The van der Waals surface area contributed by atoms with E-state index in [4.69, 9.17) is 16.3 Å². The van der Waals surface area contributed by atoms with Gasteiger partial charge in [-0.3, -0.25) is 9.69 Å². The lowest BCUT2D eigenvalue weighted by Gasteiger charge is -2.32. The van der Waals surface area contributed by atoms with Gasteiger partial charge < -0.3 is 15.4 Å². The summed E-state index contributed by atoms with van der Waals surface area (Å²) in [4.78, 5) is 26.8. The van der Waals surface area contributed by atoms with Gasteiger partial charge in [-0.25, -0.2) is 4.79 Å². The number of halogens is 1. The zero-order chi connectivity index (χ0) is 20.9. The van der Waals surface area contributed by atoms with E-state index in [1.54, 1.807) is 12.1 Å². The number of nitrogens with zero attached hydrogens (tertiary/aromatic N) is 1. The third-order valence-electron chi connectivity index (χ3n) is 5.70. The Kier molecular flexibility index (Phi) is 6.55. The summed E-state index contributed by atoms with van der Waals surface area (Å²) in [6.45, 7) is 2.82. The minimum atomic E-state index is -0.492. The summed E-state index contributed by atoms with van der Waals surface area (Å²) in [7, 11) is 0. The molecule has 0 bridgehead atoms. The Morgan fingerprint density at radius 2 is 1.73 bits per heavy atom. The first-order chi connectivity index (χ1) is 14.6. The number of hydrogen-bond donors (Lipinski definition) is 2. The third-order valence-corrected chi connectivity index (χ3v) is 5.95. The van der Waals surface area contributed by atoms with Crippen molar-refractivity contribution in [2.45, 2.75) is 44.0 Å². The van der Waals surface area contributed by atoms with Gasteiger partial charge in [-0.2, -0.15) is 0 Å². The van der Waals surface area contributed by atoms with Crippen LogP contribution >= 0.6 is 11.6 Å². The molecule has 6 nitrogen and oxygen atoms in total. The first-order valence-corrected chi connectivity index (χ1v) is 10.7. The van der Waals surface area contributed by atoms with Crippen molar-refractivity contribution in [3.05, 3.63) is 70.7 Å². The number of benzene rings is 2. The topological polar surface area (TPSA) is 70.7 Å². The number of carbonyl (C=O) groups excluding carboxylic acids is 2. The van der Waals surface area contributed by atoms with Crippen LogP contribution in [-0.2, 0) is 16.1 Å². The molecule has 2 amide bonds. The first kappa shape index (κ1) is 20.7. The molecule has 0 aliphatic carbocycles. The number of ether oxygens (including phenoxy) is 1. The Bertz CT molecular complexity index is 867. The Hall–Kier alpha value is -2.57. The molecule has 0 radical (unpaired) electrons. The first-order valence-electron chi connectivity index (χ1n) is 10.3. The molecule has 2 fully saturated rings. The van der Waals surface area contributed by atoms with Gasteiger partial charge in [0.05, 0.1) is 12.5 Å². The standard InChI is InChI=1S/C23H26ClN3O3/c24-18-8-6-17(7-9-18)22-20(14-21(28)30-22)26-23(29)25-19-10-12-27(13-11-19)15-16-4-2-1-3-5-16/h1-9,19-20,22H,10-15H2,(H2,25,26,29)/t20-,22+/m1/s1. The van der Waals surface area contributed by atoms with Gasteiger partial charge in [-0.05, 0) is 36.1 Å². The predicted octanol–water partition coefficient (Wildman–Crippen LogP) is 3.66. The lowest BCUT2D eigenvalue weighted by molar-refractivity contribution is -0.141. The molecule has 4 rings (SSSR count). The summed E-state index contributed by atoms with van der Waals surface area (Å²) < 4.78 is 5.43. The van der Waals surface area contributed by atoms with Gasteiger partial charge >= 0.3 is 12.0 Å². The highest BCUT2D eigenvalue weighted by Gasteiger charge is 2.37. The van der Waals surface area contributed by atoms with Crippen LogP contribution < -0.4 is 10.6 Å². The fourth-order valence-electron chi connectivity index (χ4n) is 4.11. The van der Waals surface area contributed by atoms with Crippen LogP contribution in [-0.4, -0.2) is 42.1 Å². The minimum Gasteiger partial charge on any atom is -0.455 e. The molecule has 2 aromatic rings. The molecule has 0 unspecified atom stereocenters. The average molecular weight is 428 g/mol. The fourth-order valence-corrected chi connectivity index (χ4v) is 4.24. The molecule has 2 saturated heterocycles. The van der Waals surface area contributed by atoms with Crippen molar-refractivity contribution < 1.29 is 14.3 Å². The van der Waals surface area contributed by atoms with Gasteiger partial charge in [0.15, 0.2) is 0 Å². The summed E-state index contributed by atoms with van der Waals surface area (Å²) in [5.41, 5.74) is 2.13. The number of piperidine rings is 1. The SMILES string of the molecule is O=C(NC1CCN(Cc2ccccc2)CC1)N[C@@H]1CC(=O)O[C@H]1c1ccc(Cl)cc1. The molecule has 30 heavy (non-hydrogen) atoms. The number of cyclic esters (lactones) is 1. The van der Waals surface area contributed by atoms with E-state index in [9.17, 15) is 9.59 Å². The fraction of sp³-hybridized carbons (Fsp3) is 0.391. The van der Waals surface area contributed by atoms with Crippen LogP contribution in [0.5, 0.6) is 0 Å². The normalized spacial score (nSPS) is 22.5. The van der Waals surface area contributed by atoms with Gasteiger partial charge in [-0.1, -0.05) is 54.1 Å². The Morgan fingerprint density at radius 3 is 2.43 bits per heavy atom. The summed E-state index contributed by atoms with van der Waals surface area (Å²) in [5, 5.41) is 6.60. The van der Waals surface area contributed by atoms with Crippen molar-refractivity contribution in [2.75, 3.05) is 13.1 Å². The lowest BCUT2D eigenvalue weighted by Crippen LogP contribution is -2.50. The predicted molar refractivity (Wildman–Crippen MR) is 115 cm³/mol. The zero-order valence-electron chi connectivity index (χ0n) is 16.7. The molecule has 2 heterocycles. The van der Waals surface area contributed by atoms with Crippen LogP contribution in [0.1, 0.15) is 36.5 Å². The van der Waals surface area contributed by atoms with E-state index in [1.165, 1.54) is 5.56 Å². The molecular weight excluding hydrogens is 402 g/mol. The number of esters is 1. The highest BCUT2D eigenvalue weighted by atomic mass is 35.5. The molecule has 2 aliphatic heterocycles. The Morgan fingerprint density at radius 1 is 1.03 bits per heavy atom. The zero-order valence-corrected chi connectivity index (χ0v) is 17.5. The van der Waals surface area contributed by atoms with Crippen LogP contribution in [0.15, 0.2) is 54.6 Å². The van der Waals surface area contributed by atoms with Crippen molar-refractivity contribution in [1.29, 1.82) is 0 Å². The van der Waals surface area contributed by atoms with Crippen molar-refractivity contribution in [3.63, 3.8) is 0 Å². The third kappa shape index (κ3) is 5.32. The smallest absolute Gasteiger partial charge is 0.315 e. The molecule has 158 valence electrons. The van der Waals surface area contributed by atoms with Crippen LogP contribution in [0, 0.1) is 0 Å². The van der Waals surface area contributed by atoms with Gasteiger partial charge in [0.2, 0.25) is 0 Å². The van der Waals surface area contributed by atoms with E-state index >= 15 is 0 Å². The highest BCUT2D eigenvalue weighted by Crippen LogP contribution is 2.30. The Labute approximate surface area is 181 Å². The highest BCUT2D eigenvalue weighted by molar-refractivity contribution is 6.30. The summed E-state index contributed by atoms with van der Waals surface area (Å²) in [5.74, 6) is -0.311. The quantitative estimate of drug-likeness (QED) is 0.714. The monoisotopic (exact) mass is 427 g/mol. The maximum absolute atomic E-state index is 12.6. The minimum absolute atomic E-state index is 0.129. The van der Waals surface area contributed by atoms with E-state index in [0.29, 0.717) is 5.02 Å².